The van der Waals surface area contributed by atoms with Crippen LogP contribution in [0.1, 0.15) is 28.5 Å². The molecule has 0 bridgehead atoms. The summed E-state index contributed by atoms with van der Waals surface area (Å²) >= 11 is 0. The first-order valence-electron chi connectivity index (χ1n) is 8.17. The molecular formula is C17H20FN3O4S. The minimum Gasteiger partial charge on any atom is -0.462 e. The molecule has 0 radical (unpaired) electrons. The summed E-state index contributed by atoms with van der Waals surface area (Å²) < 4.78 is 43.8. The van der Waals surface area contributed by atoms with Crippen LogP contribution < -0.4 is 5.14 Å². The molecule has 1 aromatic heterocycles. The first kappa shape index (κ1) is 18.6. The molecule has 2 aromatic rings. The Morgan fingerprint density at radius 3 is 2.73 bits per heavy atom. The van der Waals surface area contributed by atoms with E-state index < -0.39 is 15.8 Å². The number of ether oxygens (including phenoxy) is 1. The Kier molecular flexibility index (Phi) is 5.12. The third-order valence-corrected chi connectivity index (χ3v) is 5.20. The zero-order valence-corrected chi connectivity index (χ0v) is 15.1. The zero-order chi connectivity index (χ0) is 18.9. The summed E-state index contributed by atoms with van der Waals surface area (Å²) in [7, 11) is -3.93. The fourth-order valence-corrected chi connectivity index (χ4v) is 3.51. The summed E-state index contributed by atoms with van der Waals surface area (Å²) in [6, 6.07) is 5.47. The van der Waals surface area contributed by atoms with Gasteiger partial charge < -0.3 is 9.30 Å². The van der Waals surface area contributed by atoms with Crippen molar-refractivity contribution in [2.24, 2.45) is 5.14 Å². The van der Waals surface area contributed by atoms with Gasteiger partial charge in [-0.3, -0.25) is 4.90 Å². The Bertz CT molecular complexity index is 939. The smallest absolute Gasteiger partial charge is 0.339 e. The van der Waals surface area contributed by atoms with Crippen LogP contribution >= 0.6 is 0 Å². The average Bonchev–Trinajstić information content (AvgIpc) is 2.99. The van der Waals surface area contributed by atoms with Gasteiger partial charge >= 0.3 is 5.97 Å². The third-order valence-electron chi connectivity index (χ3n) is 4.29. The number of nitrogens with zero attached hydrogens (tertiary/aromatic N) is 2. The van der Waals surface area contributed by atoms with Crippen molar-refractivity contribution in [3.63, 3.8) is 0 Å². The van der Waals surface area contributed by atoms with Crippen LogP contribution in [0, 0.1) is 5.82 Å². The fourth-order valence-electron chi connectivity index (χ4n) is 2.99. The standard InChI is InChI=1S/C17H20FN3O4S/c1-2-25-17(22)13-7-14-11-20(5-6-21(14)10-13)9-12-3-4-15(8-16(12)18)26(19,23)24/h3-4,7-8,10H,2,5-6,9,11H2,1H3,(H2,19,23,24). The first-order chi connectivity index (χ1) is 12.3. The van der Waals surface area contributed by atoms with Gasteiger partial charge in [0.2, 0.25) is 10.0 Å². The Hall–Kier alpha value is -2.23. The Morgan fingerprint density at radius 2 is 2.08 bits per heavy atom. The molecule has 0 saturated carbocycles. The van der Waals surface area contributed by atoms with Crippen LogP contribution in [-0.4, -0.2) is 37.0 Å². The van der Waals surface area contributed by atoms with Crippen molar-refractivity contribution in [3.8, 4) is 0 Å². The van der Waals surface area contributed by atoms with Gasteiger partial charge in [0.05, 0.1) is 17.1 Å². The van der Waals surface area contributed by atoms with Crippen LogP contribution in [0.3, 0.4) is 0 Å². The molecule has 2 N–H and O–H groups in total. The van der Waals surface area contributed by atoms with Crippen molar-refractivity contribution in [1.29, 1.82) is 0 Å². The van der Waals surface area contributed by atoms with Crippen molar-refractivity contribution in [3.05, 3.63) is 53.1 Å². The van der Waals surface area contributed by atoms with Crippen molar-refractivity contribution >= 4 is 16.0 Å². The van der Waals surface area contributed by atoms with Gasteiger partial charge in [0.15, 0.2) is 0 Å². The second-order valence-corrected chi connectivity index (χ2v) is 7.70. The number of esters is 1. The molecule has 1 aliphatic rings. The second kappa shape index (κ2) is 7.18. The molecule has 140 valence electrons. The Labute approximate surface area is 151 Å². The highest BCUT2D eigenvalue weighted by atomic mass is 32.2. The number of sulfonamides is 1. The molecule has 0 spiro atoms. The molecular weight excluding hydrogens is 361 g/mol. The van der Waals surface area contributed by atoms with Crippen LogP contribution in [0.15, 0.2) is 35.4 Å². The lowest BCUT2D eigenvalue weighted by molar-refractivity contribution is 0.0526. The van der Waals surface area contributed by atoms with Gasteiger partial charge in [-0.05, 0) is 25.1 Å². The van der Waals surface area contributed by atoms with Gasteiger partial charge in [-0.25, -0.2) is 22.7 Å². The topological polar surface area (TPSA) is 94.6 Å². The van der Waals surface area contributed by atoms with Crippen LogP contribution in [-0.2, 0) is 34.4 Å². The molecule has 1 aliphatic heterocycles. The molecule has 3 rings (SSSR count). The van der Waals surface area contributed by atoms with Gasteiger partial charge in [-0.1, -0.05) is 6.07 Å². The largest absolute Gasteiger partial charge is 0.462 e. The molecule has 0 amide bonds. The van der Waals surface area contributed by atoms with E-state index in [1.165, 1.54) is 12.1 Å². The van der Waals surface area contributed by atoms with Crippen LogP contribution in [0.4, 0.5) is 4.39 Å². The SMILES string of the molecule is CCOC(=O)c1cc2n(c1)CCN(Cc1ccc(S(N)(=O)=O)cc1F)C2. The highest BCUT2D eigenvalue weighted by molar-refractivity contribution is 7.89. The Morgan fingerprint density at radius 1 is 1.31 bits per heavy atom. The molecule has 9 heteroatoms. The molecule has 0 unspecified atom stereocenters. The van der Waals surface area contributed by atoms with E-state index >= 15 is 0 Å². The predicted octanol–water partition coefficient (Wildman–Crippen LogP) is 1.47. The molecule has 0 aliphatic carbocycles. The molecule has 0 atom stereocenters. The minimum atomic E-state index is -3.93. The summed E-state index contributed by atoms with van der Waals surface area (Å²) in [5.74, 6) is -0.963. The lowest BCUT2D eigenvalue weighted by Crippen LogP contribution is -2.32. The third kappa shape index (κ3) is 3.95. The molecule has 2 heterocycles. The summed E-state index contributed by atoms with van der Waals surface area (Å²) in [6.45, 7) is 4.31. The quantitative estimate of drug-likeness (QED) is 0.792. The number of rotatable bonds is 5. The van der Waals surface area contributed by atoms with Crippen LogP contribution in [0.5, 0.6) is 0 Å². The number of nitrogens with two attached hydrogens (primary N) is 1. The van der Waals surface area contributed by atoms with E-state index in [2.05, 4.69) is 0 Å². The first-order valence-corrected chi connectivity index (χ1v) is 9.72. The van der Waals surface area contributed by atoms with E-state index in [9.17, 15) is 17.6 Å². The second-order valence-electron chi connectivity index (χ2n) is 6.14. The zero-order valence-electron chi connectivity index (χ0n) is 14.3. The van der Waals surface area contributed by atoms with E-state index in [4.69, 9.17) is 9.88 Å². The lowest BCUT2D eigenvalue weighted by atomic mass is 10.2. The lowest BCUT2D eigenvalue weighted by Gasteiger charge is -2.28. The van der Waals surface area contributed by atoms with E-state index in [1.54, 1.807) is 19.2 Å². The van der Waals surface area contributed by atoms with Gasteiger partial charge in [-0.2, -0.15) is 0 Å². The Balaban J connectivity index is 1.73. The number of aromatic nitrogens is 1. The summed E-state index contributed by atoms with van der Waals surface area (Å²) in [5.41, 5.74) is 1.84. The molecule has 0 saturated heterocycles. The number of hydrogen-bond donors (Lipinski definition) is 1. The number of primary sulfonamides is 1. The van der Waals surface area contributed by atoms with Crippen LogP contribution in [0.25, 0.3) is 0 Å². The fraction of sp³-hybridized carbons (Fsp3) is 0.353. The van der Waals surface area contributed by atoms with Gasteiger partial charge in [0, 0.05) is 43.6 Å². The molecule has 7 nitrogen and oxygen atoms in total. The number of halogens is 1. The normalized spacial score (nSPS) is 14.9. The van der Waals surface area contributed by atoms with Crippen molar-refractivity contribution in [2.45, 2.75) is 31.5 Å². The van der Waals surface area contributed by atoms with E-state index in [0.717, 1.165) is 11.8 Å². The van der Waals surface area contributed by atoms with E-state index in [0.29, 0.717) is 43.9 Å². The average molecular weight is 381 g/mol. The maximum absolute atomic E-state index is 14.2. The number of carbonyl (C=O) groups is 1. The maximum Gasteiger partial charge on any atom is 0.339 e. The minimum absolute atomic E-state index is 0.245. The predicted molar refractivity (Wildman–Crippen MR) is 92.3 cm³/mol. The van der Waals surface area contributed by atoms with Crippen molar-refractivity contribution in [2.75, 3.05) is 13.2 Å². The molecule has 0 fully saturated rings. The number of benzene rings is 1. The highest BCUT2D eigenvalue weighted by Gasteiger charge is 2.21. The molecule has 26 heavy (non-hydrogen) atoms. The number of carbonyl (C=O) groups excluding carboxylic acids is 1. The van der Waals surface area contributed by atoms with Crippen LogP contribution in [0.2, 0.25) is 0 Å². The summed E-state index contributed by atoms with van der Waals surface area (Å²) in [4.78, 5) is 13.6. The van der Waals surface area contributed by atoms with E-state index in [-0.39, 0.29) is 10.9 Å². The molecule has 1 aromatic carbocycles. The number of fused-ring (bicyclic) bond motifs is 1. The van der Waals surface area contributed by atoms with Crippen molar-refractivity contribution in [1.82, 2.24) is 9.47 Å². The summed E-state index contributed by atoms with van der Waals surface area (Å²) in [5, 5.41) is 5.02. The van der Waals surface area contributed by atoms with Gasteiger partial charge in [0.1, 0.15) is 5.82 Å². The highest BCUT2D eigenvalue weighted by Crippen LogP contribution is 2.21. The van der Waals surface area contributed by atoms with Gasteiger partial charge in [0.25, 0.3) is 0 Å². The monoisotopic (exact) mass is 381 g/mol. The number of hydrogen-bond acceptors (Lipinski definition) is 5. The maximum atomic E-state index is 14.2. The van der Waals surface area contributed by atoms with Crippen molar-refractivity contribution < 1.29 is 22.3 Å². The van der Waals surface area contributed by atoms with Gasteiger partial charge in [-0.15, -0.1) is 0 Å². The summed E-state index contributed by atoms with van der Waals surface area (Å²) in [6.07, 6.45) is 1.77. The van der Waals surface area contributed by atoms with E-state index in [1.807, 2.05) is 9.47 Å².